The van der Waals surface area contributed by atoms with E-state index in [0.717, 1.165) is 17.1 Å². The van der Waals surface area contributed by atoms with Crippen LogP contribution in [0.15, 0.2) is 20.1 Å². The van der Waals surface area contributed by atoms with Crippen molar-refractivity contribution >= 4 is 10.0 Å². The minimum Gasteiger partial charge on any atom is -0.448 e. The predicted octanol–water partition coefficient (Wildman–Crippen LogP) is 2.94. The first-order chi connectivity index (χ1) is 10.9. The largest absolute Gasteiger partial charge is 0.448 e. The molecule has 1 saturated carbocycles. The lowest BCUT2D eigenvalue weighted by molar-refractivity contribution is 0.384. The summed E-state index contributed by atoms with van der Waals surface area (Å²) in [5, 5.41) is 3.96. The van der Waals surface area contributed by atoms with E-state index in [1.54, 1.807) is 6.92 Å². The van der Waals surface area contributed by atoms with Crippen LogP contribution in [0, 0.1) is 6.92 Å². The van der Waals surface area contributed by atoms with Crippen molar-refractivity contribution in [1.82, 2.24) is 14.4 Å². The van der Waals surface area contributed by atoms with Crippen LogP contribution in [0.1, 0.15) is 49.6 Å². The standard InChI is InChI=1S/C15H21N3O4S/c1-10-12(9-13(21-10)23(19,20)18(2)3)15-16-14(17-22-15)11-7-5-4-6-8-11/h9,11H,4-8H2,1-3H3. The molecule has 0 N–H and O–H groups in total. The van der Waals surface area contributed by atoms with E-state index in [1.165, 1.54) is 39.4 Å². The molecule has 1 fully saturated rings. The Balaban J connectivity index is 1.91. The summed E-state index contributed by atoms with van der Waals surface area (Å²) in [6, 6.07) is 1.45. The zero-order chi connectivity index (χ0) is 16.6. The third-order valence-electron chi connectivity index (χ3n) is 4.27. The fraction of sp³-hybridized carbons (Fsp3) is 0.600. The second-order valence-corrected chi connectivity index (χ2v) is 8.20. The van der Waals surface area contributed by atoms with Gasteiger partial charge in [0.2, 0.25) is 5.09 Å². The summed E-state index contributed by atoms with van der Waals surface area (Å²) >= 11 is 0. The average molecular weight is 339 g/mol. The van der Waals surface area contributed by atoms with Crippen LogP contribution >= 0.6 is 0 Å². The fourth-order valence-corrected chi connectivity index (χ4v) is 3.70. The number of furan rings is 1. The number of hydrogen-bond acceptors (Lipinski definition) is 6. The monoisotopic (exact) mass is 339 g/mol. The first-order valence-electron chi connectivity index (χ1n) is 7.76. The predicted molar refractivity (Wildman–Crippen MR) is 83.4 cm³/mol. The molecular formula is C15H21N3O4S. The number of nitrogens with zero attached hydrogens (tertiary/aromatic N) is 3. The second kappa shape index (κ2) is 6.09. The molecule has 0 amide bonds. The molecule has 3 rings (SSSR count). The van der Waals surface area contributed by atoms with Crippen molar-refractivity contribution in [2.45, 2.75) is 50.0 Å². The second-order valence-electron chi connectivity index (χ2n) is 6.12. The molecule has 0 radical (unpaired) electrons. The number of rotatable bonds is 4. The molecule has 0 spiro atoms. The molecule has 8 heteroatoms. The van der Waals surface area contributed by atoms with Crippen molar-refractivity contribution in [1.29, 1.82) is 0 Å². The lowest BCUT2D eigenvalue weighted by Crippen LogP contribution is -2.21. The molecule has 0 bridgehead atoms. The first-order valence-corrected chi connectivity index (χ1v) is 9.20. The Hall–Kier alpha value is -1.67. The molecule has 0 aromatic carbocycles. The van der Waals surface area contributed by atoms with Gasteiger partial charge < -0.3 is 8.94 Å². The maximum Gasteiger partial charge on any atom is 0.275 e. The Morgan fingerprint density at radius 2 is 1.91 bits per heavy atom. The maximum atomic E-state index is 12.1. The van der Waals surface area contributed by atoms with Gasteiger partial charge in [0.25, 0.3) is 15.9 Å². The highest BCUT2D eigenvalue weighted by atomic mass is 32.2. The first kappa shape index (κ1) is 16.2. The Labute approximate surface area is 135 Å². The minimum absolute atomic E-state index is 0.118. The van der Waals surface area contributed by atoms with Gasteiger partial charge in [0.1, 0.15) is 5.76 Å². The van der Waals surface area contributed by atoms with Crippen LogP contribution in [-0.4, -0.2) is 37.0 Å². The molecule has 0 aliphatic heterocycles. The quantitative estimate of drug-likeness (QED) is 0.851. The zero-order valence-electron chi connectivity index (χ0n) is 13.6. The van der Waals surface area contributed by atoms with E-state index < -0.39 is 10.0 Å². The van der Waals surface area contributed by atoms with E-state index in [1.807, 2.05) is 0 Å². The molecule has 0 unspecified atom stereocenters. The van der Waals surface area contributed by atoms with Gasteiger partial charge in [-0.2, -0.15) is 4.98 Å². The van der Waals surface area contributed by atoms with Crippen LogP contribution in [0.3, 0.4) is 0 Å². The van der Waals surface area contributed by atoms with Gasteiger partial charge in [0.15, 0.2) is 5.82 Å². The van der Waals surface area contributed by atoms with Gasteiger partial charge in [-0.05, 0) is 19.8 Å². The van der Waals surface area contributed by atoms with Crippen LogP contribution in [0.2, 0.25) is 0 Å². The smallest absolute Gasteiger partial charge is 0.275 e. The lowest BCUT2D eigenvalue weighted by atomic mass is 9.89. The van der Waals surface area contributed by atoms with E-state index >= 15 is 0 Å². The van der Waals surface area contributed by atoms with Gasteiger partial charge in [0, 0.05) is 26.1 Å². The van der Waals surface area contributed by atoms with E-state index in [9.17, 15) is 8.42 Å². The Morgan fingerprint density at radius 3 is 2.57 bits per heavy atom. The van der Waals surface area contributed by atoms with Crippen molar-refractivity contribution in [2.24, 2.45) is 0 Å². The average Bonchev–Trinajstić information content (AvgIpc) is 3.14. The highest BCUT2D eigenvalue weighted by Gasteiger charge is 2.27. The topological polar surface area (TPSA) is 89.4 Å². The fourth-order valence-electron chi connectivity index (χ4n) is 2.85. The minimum atomic E-state index is -3.62. The van der Waals surface area contributed by atoms with Gasteiger partial charge in [-0.3, -0.25) is 0 Å². The van der Waals surface area contributed by atoms with E-state index in [0.29, 0.717) is 29.0 Å². The van der Waals surface area contributed by atoms with Crippen molar-refractivity contribution < 1.29 is 17.4 Å². The molecule has 0 saturated heterocycles. The Morgan fingerprint density at radius 1 is 1.22 bits per heavy atom. The normalized spacial score (nSPS) is 17.0. The van der Waals surface area contributed by atoms with E-state index in [4.69, 9.17) is 8.94 Å². The maximum absolute atomic E-state index is 12.1. The molecule has 126 valence electrons. The molecule has 1 aliphatic carbocycles. The lowest BCUT2D eigenvalue weighted by Gasteiger charge is -2.17. The van der Waals surface area contributed by atoms with Crippen molar-refractivity contribution in [3.05, 3.63) is 17.7 Å². The Kier molecular flexibility index (Phi) is 4.29. The highest BCUT2D eigenvalue weighted by Crippen LogP contribution is 2.34. The van der Waals surface area contributed by atoms with Gasteiger partial charge in [-0.15, -0.1) is 0 Å². The molecule has 2 heterocycles. The van der Waals surface area contributed by atoms with Gasteiger partial charge in [-0.1, -0.05) is 24.4 Å². The molecule has 7 nitrogen and oxygen atoms in total. The highest BCUT2D eigenvalue weighted by molar-refractivity contribution is 7.88. The van der Waals surface area contributed by atoms with Crippen molar-refractivity contribution in [2.75, 3.05) is 14.1 Å². The molecule has 0 atom stereocenters. The summed E-state index contributed by atoms with van der Waals surface area (Å²) in [7, 11) is -0.705. The van der Waals surface area contributed by atoms with Gasteiger partial charge >= 0.3 is 0 Å². The van der Waals surface area contributed by atoms with Crippen molar-refractivity contribution in [3.8, 4) is 11.5 Å². The molecule has 1 aliphatic rings. The van der Waals surface area contributed by atoms with Crippen molar-refractivity contribution in [3.63, 3.8) is 0 Å². The summed E-state index contributed by atoms with van der Waals surface area (Å²) in [5.74, 6) is 1.80. The van der Waals surface area contributed by atoms with Gasteiger partial charge in [-0.25, -0.2) is 12.7 Å². The summed E-state index contributed by atoms with van der Waals surface area (Å²) in [6.45, 7) is 1.69. The molecule has 2 aromatic rings. The SMILES string of the molecule is Cc1oc(S(=O)(=O)N(C)C)cc1-c1nc(C2CCCCC2)no1. The molecule has 23 heavy (non-hydrogen) atoms. The Bertz CT molecular complexity index is 786. The zero-order valence-corrected chi connectivity index (χ0v) is 14.4. The van der Waals surface area contributed by atoms with Crippen LogP contribution in [-0.2, 0) is 10.0 Å². The third-order valence-corrected chi connectivity index (χ3v) is 5.94. The third kappa shape index (κ3) is 3.05. The summed E-state index contributed by atoms with van der Waals surface area (Å²) in [4.78, 5) is 4.46. The number of hydrogen-bond donors (Lipinski definition) is 0. The number of aryl methyl sites for hydroxylation is 1. The summed E-state index contributed by atoms with van der Waals surface area (Å²) in [5.41, 5.74) is 0.528. The van der Waals surface area contributed by atoms with Crippen LogP contribution in [0.4, 0.5) is 0 Å². The van der Waals surface area contributed by atoms with E-state index in [-0.39, 0.29) is 5.09 Å². The molecular weight excluding hydrogens is 318 g/mol. The summed E-state index contributed by atoms with van der Waals surface area (Å²) < 4.78 is 36.1. The van der Waals surface area contributed by atoms with Crippen LogP contribution in [0.5, 0.6) is 0 Å². The summed E-state index contributed by atoms with van der Waals surface area (Å²) in [6.07, 6.45) is 5.77. The number of aromatic nitrogens is 2. The van der Waals surface area contributed by atoms with Crippen LogP contribution in [0.25, 0.3) is 11.5 Å². The van der Waals surface area contributed by atoms with Gasteiger partial charge in [0.05, 0.1) is 5.56 Å². The van der Waals surface area contributed by atoms with E-state index in [2.05, 4.69) is 10.1 Å². The van der Waals surface area contributed by atoms with Crippen LogP contribution < -0.4 is 0 Å². The number of sulfonamides is 1. The molecule has 2 aromatic heterocycles.